The number of anilines is 3. The van der Waals surface area contributed by atoms with Gasteiger partial charge in [-0.25, -0.2) is 9.97 Å². The summed E-state index contributed by atoms with van der Waals surface area (Å²) < 4.78 is 1.93. The third-order valence-electron chi connectivity index (χ3n) is 5.50. The van der Waals surface area contributed by atoms with Crippen molar-refractivity contribution in [3.05, 3.63) is 71.5 Å². The molecule has 0 radical (unpaired) electrons. The topological polar surface area (TPSA) is 81.6 Å². The van der Waals surface area contributed by atoms with Crippen LogP contribution in [0.25, 0.3) is 16.9 Å². The van der Waals surface area contributed by atoms with Crippen molar-refractivity contribution in [2.75, 3.05) is 43.4 Å². The summed E-state index contributed by atoms with van der Waals surface area (Å²) in [7, 11) is 2.16. The van der Waals surface area contributed by atoms with E-state index in [4.69, 9.17) is 0 Å². The van der Waals surface area contributed by atoms with Gasteiger partial charge in [-0.3, -0.25) is 9.20 Å². The van der Waals surface area contributed by atoms with Crippen molar-refractivity contribution < 1.29 is 0 Å². The van der Waals surface area contributed by atoms with Gasteiger partial charge in [0.2, 0.25) is 5.56 Å². The normalized spacial score (nSPS) is 14.9. The summed E-state index contributed by atoms with van der Waals surface area (Å²) in [5.41, 5.74) is 4.34. The number of pyridine rings is 1. The molecule has 30 heavy (non-hydrogen) atoms. The summed E-state index contributed by atoms with van der Waals surface area (Å²) in [6.07, 6.45) is 6.99. The Morgan fingerprint density at radius 2 is 1.83 bits per heavy atom. The molecule has 0 spiro atoms. The van der Waals surface area contributed by atoms with Crippen LogP contribution >= 0.6 is 0 Å². The van der Waals surface area contributed by atoms with Crippen LogP contribution in [0.2, 0.25) is 0 Å². The van der Waals surface area contributed by atoms with Crippen LogP contribution in [0.3, 0.4) is 0 Å². The van der Waals surface area contributed by atoms with Crippen LogP contribution < -0.4 is 15.8 Å². The Morgan fingerprint density at radius 3 is 2.60 bits per heavy atom. The van der Waals surface area contributed by atoms with Crippen molar-refractivity contribution in [3.8, 4) is 11.3 Å². The van der Waals surface area contributed by atoms with Crippen LogP contribution in [0, 0.1) is 0 Å². The van der Waals surface area contributed by atoms with E-state index in [1.807, 2.05) is 16.7 Å². The van der Waals surface area contributed by atoms with Gasteiger partial charge in [-0.05, 0) is 37.4 Å². The second kappa shape index (κ2) is 7.64. The number of nitrogens with one attached hydrogen (secondary N) is 2. The number of aromatic nitrogens is 4. The van der Waals surface area contributed by atoms with Crippen LogP contribution in [-0.2, 0) is 0 Å². The summed E-state index contributed by atoms with van der Waals surface area (Å²) in [6, 6.07) is 11.8. The van der Waals surface area contributed by atoms with Crippen LogP contribution in [0.4, 0.5) is 17.2 Å². The molecule has 0 unspecified atom stereocenters. The summed E-state index contributed by atoms with van der Waals surface area (Å²) >= 11 is 0. The van der Waals surface area contributed by atoms with Crippen molar-refractivity contribution in [2.45, 2.75) is 0 Å². The average Bonchev–Trinajstić information content (AvgIpc) is 3.26. The first-order valence-electron chi connectivity index (χ1n) is 9.99. The minimum absolute atomic E-state index is 0.150. The largest absolute Gasteiger partial charge is 0.369 e. The Hall–Kier alpha value is -3.65. The molecule has 2 N–H and O–H groups in total. The Bertz CT molecular complexity index is 1220. The van der Waals surface area contributed by atoms with Crippen LogP contribution in [0.15, 0.2) is 66.0 Å². The molecule has 0 aliphatic carbocycles. The molecule has 4 heterocycles. The lowest BCUT2D eigenvalue weighted by Crippen LogP contribution is -2.44. The predicted octanol–water partition coefficient (Wildman–Crippen LogP) is 2.58. The zero-order valence-corrected chi connectivity index (χ0v) is 16.7. The van der Waals surface area contributed by atoms with E-state index in [-0.39, 0.29) is 5.56 Å². The van der Waals surface area contributed by atoms with Gasteiger partial charge in [0.15, 0.2) is 11.5 Å². The highest BCUT2D eigenvalue weighted by Gasteiger charge is 2.15. The van der Waals surface area contributed by atoms with E-state index in [9.17, 15) is 4.79 Å². The van der Waals surface area contributed by atoms with E-state index in [0.29, 0.717) is 11.5 Å². The van der Waals surface area contributed by atoms with Crippen molar-refractivity contribution in [1.29, 1.82) is 0 Å². The van der Waals surface area contributed by atoms with Gasteiger partial charge in [-0.1, -0.05) is 0 Å². The summed E-state index contributed by atoms with van der Waals surface area (Å²) in [5.74, 6) is 0.668. The zero-order valence-electron chi connectivity index (χ0n) is 16.7. The molecule has 8 heteroatoms. The lowest BCUT2D eigenvalue weighted by molar-refractivity contribution is 0.313. The lowest BCUT2D eigenvalue weighted by Gasteiger charge is -2.34. The first kappa shape index (κ1) is 18.4. The van der Waals surface area contributed by atoms with Gasteiger partial charge in [0.05, 0.1) is 11.9 Å². The smallest absolute Gasteiger partial charge is 0.248 e. The number of hydrogen-bond donors (Lipinski definition) is 2. The highest BCUT2D eigenvalue weighted by molar-refractivity contribution is 5.74. The van der Waals surface area contributed by atoms with Gasteiger partial charge in [0.25, 0.3) is 0 Å². The standard InChI is InChI=1S/C22H23N7O/c1-27-10-12-28(13-11-27)18-4-2-17(3-5-18)26-21-22-24-8-9-29(22)19(15-25-21)16-6-7-23-20(30)14-16/h2-9,14-15H,10-13H2,1H3,(H,23,30)(H,25,26). The molecule has 8 nitrogen and oxygen atoms in total. The van der Waals surface area contributed by atoms with Gasteiger partial charge in [0, 0.05) is 67.8 Å². The maximum absolute atomic E-state index is 11.7. The molecule has 0 saturated carbocycles. The van der Waals surface area contributed by atoms with E-state index in [1.165, 1.54) is 5.69 Å². The number of H-pyrrole nitrogens is 1. The van der Waals surface area contributed by atoms with E-state index >= 15 is 0 Å². The number of benzene rings is 1. The predicted molar refractivity (Wildman–Crippen MR) is 118 cm³/mol. The molecule has 0 bridgehead atoms. The number of rotatable bonds is 4. The van der Waals surface area contributed by atoms with Gasteiger partial charge in [-0.15, -0.1) is 0 Å². The van der Waals surface area contributed by atoms with Gasteiger partial charge >= 0.3 is 0 Å². The number of nitrogens with zero attached hydrogens (tertiary/aromatic N) is 5. The molecule has 1 aliphatic rings. The maximum atomic E-state index is 11.7. The zero-order chi connectivity index (χ0) is 20.5. The summed E-state index contributed by atoms with van der Waals surface area (Å²) in [5, 5.41) is 3.37. The van der Waals surface area contributed by atoms with Crippen LogP contribution in [-0.4, -0.2) is 57.5 Å². The quantitative estimate of drug-likeness (QED) is 0.547. The number of hydrogen-bond acceptors (Lipinski definition) is 6. The number of piperazine rings is 1. The molecule has 1 aromatic carbocycles. The lowest BCUT2D eigenvalue weighted by atomic mass is 10.2. The monoisotopic (exact) mass is 401 g/mol. The highest BCUT2D eigenvalue weighted by Crippen LogP contribution is 2.26. The first-order chi connectivity index (χ1) is 14.7. The molecule has 0 atom stereocenters. The fraction of sp³-hybridized carbons (Fsp3) is 0.227. The third kappa shape index (κ3) is 3.53. The summed E-state index contributed by atoms with van der Waals surface area (Å²) in [6.45, 7) is 4.26. The molecule has 5 rings (SSSR count). The van der Waals surface area contributed by atoms with E-state index in [2.05, 4.69) is 61.4 Å². The van der Waals surface area contributed by atoms with E-state index < -0.39 is 0 Å². The molecule has 152 valence electrons. The van der Waals surface area contributed by atoms with Crippen molar-refractivity contribution in [1.82, 2.24) is 24.3 Å². The van der Waals surface area contributed by atoms with Crippen molar-refractivity contribution >= 4 is 22.8 Å². The van der Waals surface area contributed by atoms with Gasteiger partial charge < -0.3 is 20.1 Å². The maximum Gasteiger partial charge on any atom is 0.248 e. The number of aromatic amines is 1. The Balaban J connectivity index is 1.40. The number of imidazole rings is 1. The fourth-order valence-corrected chi connectivity index (χ4v) is 3.78. The summed E-state index contributed by atoms with van der Waals surface area (Å²) in [4.78, 5) is 28.1. The van der Waals surface area contributed by atoms with Gasteiger partial charge in [0.1, 0.15) is 0 Å². The molecular formula is C22H23N7O. The molecule has 3 aromatic heterocycles. The van der Waals surface area contributed by atoms with Crippen LogP contribution in [0.1, 0.15) is 0 Å². The molecule has 1 aliphatic heterocycles. The van der Waals surface area contributed by atoms with E-state index in [1.54, 1.807) is 24.7 Å². The third-order valence-corrected chi connectivity index (χ3v) is 5.50. The van der Waals surface area contributed by atoms with Crippen molar-refractivity contribution in [2.24, 2.45) is 0 Å². The minimum Gasteiger partial charge on any atom is -0.369 e. The Kier molecular flexibility index (Phi) is 4.68. The first-order valence-corrected chi connectivity index (χ1v) is 9.99. The molecule has 1 saturated heterocycles. The Labute approximate surface area is 173 Å². The Morgan fingerprint density at radius 1 is 1.03 bits per heavy atom. The highest BCUT2D eigenvalue weighted by atomic mass is 16.1. The average molecular weight is 401 g/mol. The fourth-order valence-electron chi connectivity index (χ4n) is 3.78. The van der Waals surface area contributed by atoms with Gasteiger partial charge in [-0.2, -0.15) is 0 Å². The number of likely N-dealkylation sites (N-methyl/N-ethyl adjacent to an activating group) is 1. The molecule has 0 amide bonds. The molecule has 1 fully saturated rings. The molecule has 4 aromatic rings. The minimum atomic E-state index is -0.150. The second-order valence-electron chi connectivity index (χ2n) is 7.52. The molecular weight excluding hydrogens is 378 g/mol. The SMILES string of the molecule is CN1CCN(c2ccc(Nc3ncc(-c4cc[nH]c(=O)c4)n4ccnc34)cc2)CC1. The second-order valence-corrected chi connectivity index (χ2v) is 7.52. The van der Waals surface area contributed by atoms with Crippen molar-refractivity contribution in [3.63, 3.8) is 0 Å². The van der Waals surface area contributed by atoms with E-state index in [0.717, 1.165) is 43.1 Å². The number of fused-ring (bicyclic) bond motifs is 1. The van der Waals surface area contributed by atoms with Crippen LogP contribution in [0.5, 0.6) is 0 Å².